The molecule has 0 aliphatic rings. The second kappa shape index (κ2) is 6.83. The summed E-state index contributed by atoms with van der Waals surface area (Å²) < 4.78 is 13.9. The van der Waals surface area contributed by atoms with Gasteiger partial charge in [0.05, 0.1) is 6.10 Å². The summed E-state index contributed by atoms with van der Waals surface area (Å²) in [4.78, 5) is 0. The molecule has 40 valence electrons. The van der Waals surface area contributed by atoms with Crippen LogP contribution < -0.4 is 0 Å². The fraction of sp³-hybridized carbons (Fsp3) is 1.00. The molecule has 4 heteroatoms. The third kappa shape index (κ3) is 10.9. The molecule has 0 aliphatic heterocycles. The molecule has 0 saturated heterocycles. The van der Waals surface area contributed by atoms with Gasteiger partial charge in [0, 0.05) is 0 Å². The first-order valence-electron chi connectivity index (χ1n) is 1.76. The second-order valence-corrected chi connectivity index (χ2v) is 1.59. The Morgan fingerprint density at radius 3 is 2.14 bits per heavy atom. The Kier molecular flexibility index (Phi) is 10.5. The van der Waals surface area contributed by atoms with Gasteiger partial charge in [0.1, 0.15) is 0 Å². The predicted molar refractivity (Wildman–Crippen MR) is 31.8 cm³/mol. The zero-order valence-corrected chi connectivity index (χ0v) is 6.86. The van der Waals surface area contributed by atoms with Crippen LogP contribution in [0.25, 0.3) is 0 Å². The topological polar surface area (TPSA) is 26.3 Å². The molecular formula is C3H9MgO2P. The van der Waals surface area contributed by atoms with Gasteiger partial charge in [0.15, 0.2) is 0 Å². The van der Waals surface area contributed by atoms with Gasteiger partial charge >= 0.3 is 31.7 Å². The molecule has 0 radical (unpaired) electrons. The van der Waals surface area contributed by atoms with Crippen molar-refractivity contribution in [2.45, 2.75) is 20.0 Å². The van der Waals surface area contributed by atoms with E-state index < -0.39 is 0 Å². The Bertz CT molecular complexity index is 55.1. The molecule has 0 aromatic rings. The van der Waals surface area contributed by atoms with Crippen LogP contribution in [0.3, 0.4) is 0 Å². The zero-order chi connectivity index (χ0) is 4.99. The molecule has 2 nitrogen and oxygen atoms in total. The van der Waals surface area contributed by atoms with Crippen molar-refractivity contribution in [1.29, 1.82) is 0 Å². The van der Waals surface area contributed by atoms with Gasteiger partial charge in [-0.15, -0.1) is 0 Å². The minimum atomic E-state index is -0.226. The Morgan fingerprint density at radius 2 is 2.14 bits per heavy atom. The molecule has 0 bridgehead atoms. The van der Waals surface area contributed by atoms with E-state index in [2.05, 4.69) is 4.52 Å². The van der Waals surface area contributed by atoms with E-state index >= 15 is 0 Å². The fourth-order valence-corrected chi connectivity index (χ4v) is 0.258. The van der Waals surface area contributed by atoms with Crippen molar-refractivity contribution in [1.82, 2.24) is 0 Å². The first kappa shape index (κ1) is 10.7. The third-order valence-corrected chi connectivity index (χ3v) is 0.762. The van der Waals surface area contributed by atoms with Gasteiger partial charge in [0.25, 0.3) is 0 Å². The van der Waals surface area contributed by atoms with E-state index in [1.165, 1.54) is 0 Å². The van der Waals surface area contributed by atoms with Gasteiger partial charge < -0.3 is 2.85 Å². The Morgan fingerprint density at radius 1 is 1.71 bits per heavy atom. The summed E-state index contributed by atoms with van der Waals surface area (Å²) in [6.07, 6.45) is 0.0733. The zero-order valence-electron chi connectivity index (χ0n) is 6.55. The van der Waals surface area contributed by atoms with Gasteiger partial charge in [-0.25, -0.2) is 4.57 Å². The van der Waals surface area contributed by atoms with E-state index in [9.17, 15) is 4.57 Å². The monoisotopic (exact) mass is 132 g/mol. The van der Waals surface area contributed by atoms with E-state index in [4.69, 9.17) is 0 Å². The van der Waals surface area contributed by atoms with Crippen LogP contribution in [0.5, 0.6) is 0 Å². The van der Waals surface area contributed by atoms with Crippen molar-refractivity contribution in [3.05, 3.63) is 0 Å². The summed E-state index contributed by atoms with van der Waals surface area (Å²) in [5.74, 6) is 0. The Labute approximate surface area is 64.0 Å². The molecule has 0 N–H and O–H groups in total. The summed E-state index contributed by atoms with van der Waals surface area (Å²) in [5.41, 5.74) is 0. The van der Waals surface area contributed by atoms with Crippen LogP contribution in [0.15, 0.2) is 0 Å². The molecule has 0 spiro atoms. The Hall–Kier alpha value is 0.826. The van der Waals surface area contributed by atoms with E-state index in [-0.39, 0.29) is 40.7 Å². The standard InChI is InChI=1S/C3H7O2P.Mg.2H/c1-3(2)5-6-4;;;/h3H,1-2H3;;;/q;+2;2*-1. The number of hydrogen-bond donors (Lipinski definition) is 0. The summed E-state index contributed by atoms with van der Waals surface area (Å²) in [6, 6.07) is 0. The largest absolute Gasteiger partial charge is 2.00 e. The van der Waals surface area contributed by atoms with Crippen molar-refractivity contribution >= 4 is 31.7 Å². The molecule has 0 rings (SSSR count). The van der Waals surface area contributed by atoms with Gasteiger partial charge in [-0.2, -0.15) is 0 Å². The van der Waals surface area contributed by atoms with E-state index in [0.717, 1.165) is 0 Å². The third-order valence-electron chi connectivity index (χ3n) is 0.254. The van der Waals surface area contributed by atoms with Crippen LogP contribution in [0.2, 0.25) is 0 Å². The Balaban J connectivity index is -0.0000000417. The predicted octanol–water partition coefficient (Wildman–Crippen LogP) is 1.46. The summed E-state index contributed by atoms with van der Waals surface area (Å²) >= 11 is 0. The first-order valence-corrected chi connectivity index (χ1v) is 2.49. The number of hydrogen-bond acceptors (Lipinski definition) is 2. The average Bonchev–Trinajstić information content (AvgIpc) is 1.35. The normalized spacial score (nSPS) is 9.00. The van der Waals surface area contributed by atoms with E-state index in [1.54, 1.807) is 0 Å². The summed E-state index contributed by atoms with van der Waals surface area (Å²) in [7, 11) is -0.226. The van der Waals surface area contributed by atoms with Gasteiger partial charge in [0.2, 0.25) is 0 Å². The van der Waals surface area contributed by atoms with Crippen molar-refractivity contribution in [2.24, 2.45) is 0 Å². The number of rotatable bonds is 2. The molecule has 7 heavy (non-hydrogen) atoms. The van der Waals surface area contributed by atoms with Crippen LogP contribution in [-0.2, 0) is 9.09 Å². The molecule has 0 aromatic carbocycles. The molecule has 0 unspecified atom stereocenters. The molecular weight excluding hydrogens is 123 g/mol. The maximum atomic E-state index is 9.49. The molecule has 0 heterocycles. The van der Waals surface area contributed by atoms with E-state index in [0.29, 0.717) is 0 Å². The summed E-state index contributed by atoms with van der Waals surface area (Å²) in [5, 5.41) is 0. The SMILES string of the molecule is CC(C)OP=O.[H-].[H-].[Mg+2]. The van der Waals surface area contributed by atoms with Crippen LogP contribution >= 0.6 is 8.69 Å². The quantitative estimate of drug-likeness (QED) is 0.420. The summed E-state index contributed by atoms with van der Waals surface area (Å²) in [6.45, 7) is 3.65. The molecule has 0 amide bonds. The maximum absolute atomic E-state index is 9.49. The van der Waals surface area contributed by atoms with Crippen molar-refractivity contribution in [2.75, 3.05) is 0 Å². The minimum Gasteiger partial charge on any atom is -1.00 e. The second-order valence-electron chi connectivity index (χ2n) is 1.23. The molecule has 0 aromatic heterocycles. The molecule has 0 aliphatic carbocycles. The molecule has 0 saturated carbocycles. The van der Waals surface area contributed by atoms with Gasteiger partial charge in [-0.1, -0.05) is 0 Å². The van der Waals surface area contributed by atoms with Crippen molar-refractivity contribution in [3.63, 3.8) is 0 Å². The van der Waals surface area contributed by atoms with Crippen LogP contribution in [-0.4, -0.2) is 29.2 Å². The molecule has 0 fully saturated rings. The average molecular weight is 132 g/mol. The van der Waals surface area contributed by atoms with Gasteiger partial charge in [-0.05, 0) is 13.8 Å². The first-order chi connectivity index (χ1) is 2.77. The van der Waals surface area contributed by atoms with Crippen molar-refractivity contribution in [3.8, 4) is 0 Å². The van der Waals surface area contributed by atoms with Crippen LogP contribution in [0.4, 0.5) is 0 Å². The minimum absolute atomic E-state index is 0. The van der Waals surface area contributed by atoms with Gasteiger partial charge in [-0.3, -0.25) is 4.52 Å². The fourth-order valence-electron chi connectivity index (χ4n) is 0.0861. The smallest absolute Gasteiger partial charge is 1.00 e. The van der Waals surface area contributed by atoms with Crippen molar-refractivity contribution < 1.29 is 11.9 Å². The van der Waals surface area contributed by atoms with Crippen LogP contribution in [0, 0.1) is 0 Å². The van der Waals surface area contributed by atoms with E-state index in [1.807, 2.05) is 13.8 Å². The maximum Gasteiger partial charge on any atom is 2.00 e. The van der Waals surface area contributed by atoms with Crippen LogP contribution in [0.1, 0.15) is 16.7 Å². The molecule has 0 atom stereocenters.